The van der Waals surface area contributed by atoms with Crippen molar-refractivity contribution in [1.29, 1.82) is 0 Å². The van der Waals surface area contributed by atoms with Gasteiger partial charge in [-0.3, -0.25) is 9.69 Å². The van der Waals surface area contributed by atoms with Gasteiger partial charge in [0.15, 0.2) is 0 Å². The van der Waals surface area contributed by atoms with E-state index in [0.717, 1.165) is 18.2 Å². The Kier molecular flexibility index (Phi) is 5.03. The van der Waals surface area contributed by atoms with Gasteiger partial charge in [-0.1, -0.05) is 0 Å². The molecule has 0 fully saturated rings. The van der Waals surface area contributed by atoms with Crippen LogP contribution in [0.1, 0.15) is 10.4 Å². The van der Waals surface area contributed by atoms with Crippen molar-refractivity contribution in [3.8, 4) is 0 Å². The lowest BCUT2D eigenvalue weighted by Gasteiger charge is -2.16. The fourth-order valence-electron chi connectivity index (χ4n) is 1.90. The molecule has 0 unspecified atom stereocenters. The van der Waals surface area contributed by atoms with Crippen LogP contribution >= 0.6 is 11.3 Å². The van der Waals surface area contributed by atoms with Gasteiger partial charge in [-0.15, -0.1) is 11.3 Å². The molecule has 0 atom stereocenters. The summed E-state index contributed by atoms with van der Waals surface area (Å²) in [6.45, 7) is 2.76. The quantitative estimate of drug-likeness (QED) is 0.918. The van der Waals surface area contributed by atoms with Crippen molar-refractivity contribution in [3.63, 3.8) is 0 Å². The second-order valence-electron chi connectivity index (χ2n) is 4.87. The van der Waals surface area contributed by atoms with E-state index in [0.29, 0.717) is 6.54 Å². The molecule has 1 aromatic heterocycles. The Morgan fingerprint density at radius 3 is 2.76 bits per heavy atom. The summed E-state index contributed by atoms with van der Waals surface area (Å²) in [6.07, 6.45) is 0. The number of benzene rings is 1. The maximum atomic E-state index is 13.4. The van der Waals surface area contributed by atoms with Crippen LogP contribution in [0.5, 0.6) is 0 Å². The molecule has 0 spiro atoms. The van der Waals surface area contributed by atoms with Crippen molar-refractivity contribution < 1.29 is 13.6 Å². The molecule has 1 N–H and O–H groups in total. The van der Waals surface area contributed by atoms with Crippen LogP contribution in [-0.4, -0.2) is 24.4 Å². The Morgan fingerprint density at radius 1 is 1.33 bits per heavy atom. The number of thiophene rings is 1. The SMILES string of the molecule is Cc1ccsc1CN(C)CC(=O)Nc1cc(F)ccc1F. The number of hydrogen-bond donors (Lipinski definition) is 1. The van der Waals surface area contributed by atoms with Gasteiger partial charge in [0, 0.05) is 17.5 Å². The molecular formula is C15H16F2N2OS. The largest absolute Gasteiger partial charge is 0.322 e. The predicted molar refractivity (Wildman–Crippen MR) is 80.4 cm³/mol. The standard InChI is InChI=1S/C15H16F2N2OS/c1-10-5-6-21-14(10)8-19(2)9-15(20)18-13-7-11(16)3-4-12(13)17/h3-7H,8-9H2,1-2H3,(H,18,20). The smallest absolute Gasteiger partial charge is 0.238 e. The molecule has 112 valence electrons. The van der Waals surface area contributed by atoms with Gasteiger partial charge in [-0.25, -0.2) is 8.78 Å². The van der Waals surface area contributed by atoms with Crippen LogP contribution in [0.4, 0.5) is 14.5 Å². The Labute approximate surface area is 126 Å². The Hall–Kier alpha value is -1.79. The summed E-state index contributed by atoms with van der Waals surface area (Å²) in [4.78, 5) is 14.9. The van der Waals surface area contributed by atoms with Crippen LogP contribution in [0, 0.1) is 18.6 Å². The highest BCUT2D eigenvalue weighted by Crippen LogP contribution is 2.18. The first-order chi connectivity index (χ1) is 9.95. The first-order valence-electron chi connectivity index (χ1n) is 6.42. The van der Waals surface area contributed by atoms with E-state index in [4.69, 9.17) is 0 Å². The number of halogens is 2. The van der Waals surface area contributed by atoms with Crippen LogP contribution in [0.15, 0.2) is 29.6 Å². The number of anilines is 1. The molecule has 6 heteroatoms. The third kappa shape index (κ3) is 4.34. The number of rotatable bonds is 5. The zero-order valence-electron chi connectivity index (χ0n) is 11.8. The lowest BCUT2D eigenvalue weighted by molar-refractivity contribution is -0.117. The fourth-order valence-corrected chi connectivity index (χ4v) is 2.88. The summed E-state index contributed by atoms with van der Waals surface area (Å²) < 4.78 is 26.5. The van der Waals surface area contributed by atoms with E-state index in [-0.39, 0.29) is 18.1 Å². The number of likely N-dealkylation sites (N-methyl/N-ethyl adjacent to an activating group) is 1. The molecule has 0 saturated heterocycles. The Balaban J connectivity index is 1.92. The average Bonchev–Trinajstić information content (AvgIpc) is 2.79. The maximum Gasteiger partial charge on any atom is 0.238 e. The van der Waals surface area contributed by atoms with E-state index >= 15 is 0 Å². The molecule has 2 aromatic rings. The summed E-state index contributed by atoms with van der Waals surface area (Å²) in [5.41, 5.74) is 1.05. The average molecular weight is 310 g/mol. The first kappa shape index (κ1) is 15.6. The van der Waals surface area contributed by atoms with Crippen molar-refractivity contribution in [3.05, 3.63) is 51.7 Å². The molecular weight excluding hydrogens is 294 g/mol. The number of hydrogen-bond acceptors (Lipinski definition) is 3. The van der Waals surface area contributed by atoms with Crippen molar-refractivity contribution >= 4 is 22.9 Å². The molecule has 3 nitrogen and oxygen atoms in total. The second kappa shape index (κ2) is 6.78. The summed E-state index contributed by atoms with van der Waals surface area (Å²) in [5.74, 6) is -1.62. The summed E-state index contributed by atoms with van der Waals surface area (Å²) in [7, 11) is 1.81. The second-order valence-corrected chi connectivity index (χ2v) is 5.87. The number of carbonyl (C=O) groups excluding carboxylic acids is 1. The van der Waals surface area contributed by atoms with Gasteiger partial charge in [0.1, 0.15) is 11.6 Å². The summed E-state index contributed by atoms with van der Waals surface area (Å²) in [6, 6.07) is 4.99. The molecule has 0 bridgehead atoms. The highest BCUT2D eigenvalue weighted by atomic mass is 32.1. The van der Waals surface area contributed by atoms with Crippen LogP contribution in [0.2, 0.25) is 0 Å². The Bertz CT molecular complexity index is 642. The predicted octanol–water partition coefficient (Wildman–Crippen LogP) is 3.41. The minimum Gasteiger partial charge on any atom is -0.322 e. The minimum atomic E-state index is -0.651. The highest BCUT2D eigenvalue weighted by Gasteiger charge is 2.12. The molecule has 21 heavy (non-hydrogen) atoms. The van der Waals surface area contributed by atoms with Gasteiger partial charge in [0.05, 0.1) is 12.2 Å². The molecule has 2 rings (SSSR count). The molecule has 0 radical (unpaired) electrons. The Morgan fingerprint density at radius 2 is 2.10 bits per heavy atom. The number of nitrogens with zero attached hydrogens (tertiary/aromatic N) is 1. The molecule has 0 aliphatic heterocycles. The van der Waals surface area contributed by atoms with E-state index in [9.17, 15) is 13.6 Å². The molecule has 0 aliphatic rings. The van der Waals surface area contributed by atoms with Gasteiger partial charge < -0.3 is 5.32 Å². The van der Waals surface area contributed by atoms with Crippen LogP contribution < -0.4 is 5.32 Å². The molecule has 1 amide bonds. The first-order valence-corrected chi connectivity index (χ1v) is 7.30. The van der Waals surface area contributed by atoms with Crippen LogP contribution in [-0.2, 0) is 11.3 Å². The monoisotopic (exact) mass is 310 g/mol. The zero-order valence-corrected chi connectivity index (χ0v) is 12.6. The van der Waals surface area contributed by atoms with Gasteiger partial charge in [-0.05, 0) is 43.1 Å². The van der Waals surface area contributed by atoms with Gasteiger partial charge in [0.2, 0.25) is 5.91 Å². The van der Waals surface area contributed by atoms with Gasteiger partial charge in [0.25, 0.3) is 0 Å². The number of nitrogens with one attached hydrogen (secondary N) is 1. The highest BCUT2D eigenvalue weighted by molar-refractivity contribution is 7.10. The van der Waals surface area contributed by atoms with Gasteiger partial charge in [-0.2, -0.15) is 0 Å². The zero-order chi connectivity index (χ0) is 15.4. The van der Waals surface area contributed by atoms with Crippen molar-refractivity contribution in [2.24, 2.45) is 0 Å². The van der Waals surface area contributed by atoms with E-state index < -0.39 is 11.6 Å². The topological polar surface area (TPSA) is 32.3 Å². The maximum absolute atomic E-state index is 13.4. The molecule has 0 aliphatic carbocycles. The summed E-state index contributed by atoms with van der Waals surface area (Å²) >= 11 is 1.63. The molecule has 0 saturated carbocycles. The van der Waals surface area contributed by atoms with Crippen molar-refractivity contribution in [2.75, 3.05) is 18.9 Å². The van der Waals surface area contributed by atoms with E-state index in [1.165, 1.54) is 10.4 Å². The third-order valence-corrected chi connectivity index (χ3v) is 4.01. The van der Waals surface area contributed by atoms with Gasteiger partial charge >= 0.3 is 0 Å². The van der Waals surface area contributed by atoms with E-state index in [1.54, 1.807) is 18.4 Å². The lowest BCUT2D eigenvalue weighted by Crippen LogP contribution is -2.30. The van der Waals surface area contributed by atoms with Crippen LogP contribution in [0.25, 0.3) is 0 Å². The number of carbonyl (C=O) groups is 1. The van der Waals surface area contributed by atoms with Crippen LogP contribution in [0.3, 0.4) is 0 Å². The van der Waals surface area contributed by atoms with Crippen molar-refractivity contribution in [1.82, 2.24) is 4.90 Å². The normalized spacial score (nSPS) is 10.9. The fraction of sp³-hybridized carbons (Fsp3) is 0.267. The lowest BCUT2D eigenvalue weighted by atomic mass is 10.2. The third-order valence-electron chi connectivity index (χ3n) is 3.00. The van der Waals surface area contributed by atoms with E-state index in [1.807, 2.05) is 23.3 Å². The molecule has 1 aromatic carbocycles. The number of aryl methyl sites for hydroxylation is 1. The van der Waals surface area contributed by atoms with E-state index in [2.05, 4.69) is 5.32 Å². The molecule has 1 heterocycles. The summed E-state index contributed by atoms with van der Waals surface area (Å²) in [5, 5.41) is 4.38. The van der Waals surface area contributed by atoms with Crippen molar-refractivity contribution in [2.45, 2.75) is 13.5 Å². The minimum absolute atomic E-state index is 0.104. The number of amides is 1.